The second kappa shape index (κ2) is 154. The minimum absolute atomic E-state index is 0. The first-order valence-electron chi connectivity index (χ1n) is 3.00. The number of rotatable bonds is 0. The van der Waals surface area contributed by atoms with Crippen LogP contribution in [0.5, 0.6) is 0 Å². The van der Waals surface area contributed by atoms with Crippen molar-refractivity contribution < 1.29 is 130 Å². The largest absolute Gasteiger partial charge is 2.00 e. The van der Waals surface area contributed by atoms with E-state index < -0.39 is 68.2 Å². The Hall–Kier alpha value is 1.46. The molecule has 0 fully saturated rings. The van der Waals surface area contributed by atoms with Crippen LogP contribution in [0.15, 0.2) is 0 Å². The van der Waals surface area contributed by atoms with Gasteiger partial charge in [0.2, 0.25) is 0 Å². The quantitative estimate of drug-likeness (QED) is 0.109. The van der Waals surface area contributed by atoms with Crippen molar-refractivity contribution in [2.45, 2.75) is 0 Å². The fourth-order valence-corrected chi connectivity index (χ4v) is 0. The zero-order valence-corrected chi connectivity index (χ0v) is 29.1. The van der Waals surface area contributed by atoms with Crippen molar-refractivity contribution in [1.29, 1.82) is 0 Å². The molecule has 0 aromatic rings. The Balaban J connectivity index is -0.00000000487. The molecule has 0 heterocycles. The molecule has 0 atom stereocenters. The fourth-order valence-electron chi connectivity index (χ4n) is 0. The molecule has 0 rings (SSSR count). The van der Waals surface area contributed by atoms with Gasteiger partial charge in [-0.05, 0) is 0 Å². The average Bonchev–Trinajstić information content (AvgIpc) is 2.08. The Labute approximate surface area is 270 Å². The van der Waals surface area contributed by atoms with Crippen molar-refractivity contribution in [3.63, 3.8) is 0 Å². The van der Waals surface area contributed by atoms with Gasteiger partial charge in [-0.1, -0.05) is 0 Å². The summed E-state index contributed by atoms with van der Waals surface area (Å²) in [6.07, 6.45) is 0. The van der Waals surface area contributed by atoms with Crippen LogP contribution < -0.4 is 73.8 Å². The molecule has 39 heteroatoms. The van der Waals surface area contributed by atoms with Crippen molar-refractivity contribution in [2.24, 2.45) is 0 Å². The third-order valence-electron chi connectivity index (χ3n) is 0. The van der Waals surface area contributed by atoms with Crippen LogP contribution in [-0.2, 0) is 119 Å². The summed E-state index contributed by atoms with van der Waals surface area (Å²) >= 11 is -18.7. The van der Waals surface area contributed by atoms with Crippen molar-refractivity contribution >= 4 is 68.2 Å². The van der Waals surface area contributed by atoms with E-state index in [1.54, 1.807) is 0 Å². The van der Waals surface area contributed by atoms with Crippen molar-refractivity contribution in [3.05, 3.63) is 0 Å². The molecular formula is H42Co3N12O18S6. The summed E-state index contributed by atoms with van der Waals surface area (Å²) in [5.74, 6) is 0. The summed E-state index contributed by atoms with van der Waals surface area (Å²) in [6.45, 7) is 0. The molecule has 39 heavy (non-hydrogen) atoms. The third kappa shape index (κ3) is 26000. The maximum Gasteiger partial charge on any atom is 2.00 e. The van der Waals surface area contributed by atoms with Gasteiger partial charge in [-0.15, -0.1) is 68.2 Å². The average molecular weight is 868 g/mol. The van der Waals surface area contributed by atoms with Gasteiger partial charge in [0.05, 0.1) is 0 Å². The zero-order valence-electron chi connectivity index (χ0n) is 21.0. The van der Waals surface area contributed by atoms with E-state index in [1.807, 2.05) is 0 Å². The molecule has 273 valence electrons. The normalized spacial score (nSPS) is 5.38. The Morgan fingerprint density at radius 1 is 0.231 bits per heavy atom. The molecule has 0 aliphatic heterocycles. The molecule has 0 aromatic heterocycles. The van der Waals surface area contributed by atoms with Crippen LogP contribution in [0.4, 0.5) is 0 Å². The van der Waals surface area contributed by atoms with Crippen LogP contribution in [0.3, 0.4) is 0 Å². The van der Waals surface area contributed by atoms with Gasteiger partial charge >= 0.3 is 50.3 Å². The first-order valence-corrected chi connectivity index (χ1v) is 9.00. The molecule has 0 aliphatic carbocycles. The predicted octanol–water partition coefficient (Wildman–Crippen LogP) is -2.80. The van der Waals surface area contributed by atoms with Gasteiger partial charge in [0.1, 0.15) is 0 Å². The molecule has 0 amide bonds. The summed E-state index contributed by atoms with van der Waals surface area (Å²) in [5.41, 5.74) is 0. The topological polar surface area (TPSA) is 808 Å². The number of hydrogen-bond acceptors (Lipinski definition) is 24. The smallest absolute Gasteiger partial charge is 0.784 e. The molecule has 0 unspecified atom stereocenters. The van der Waals surface area contributed by atoms with Crippen molar-refractivity contribution in [3.8, 4) is 0 Å². The van der Waals surface area contributed by atoms with E-state index >= 15 is 0 Å². The summed E-state index contributed by atoms with van der Waals surface area (Å²) in [4.78, 5) is 0. The van der Waals surface area contributed by atoms with E-state index in [2.05, 4.69) is 0 Å². The molecule has 30 nitrogen and oxygen atoms in total. The van der Waals surface area contributed by atoms with Gasteiger partial charge in [0.25, 0.3) is 0 Å². The van der Waals surface area contributed by atoms with Crippen LogP contribution in [0, 0.1) is 0 Å². The maximum absolute atomic E-state index is 8.44. The second-order valence-corrected chi connectivity index (χ2v) is 3.67. The van der Waals surface area contributed by atoms with E-state index in [0.29, 0.717) is 0 Å². The van der Waals surface area contributed by atoms with E-state index in [1.165, 1.54) is 0 Å². The summed E-state index contributed by atoms with van der Waals surface area (Å²) in [6, 6.07) is 0. The van der Waals surface area contributed by atoms with Gasteiger partial charge in [-0.2, -0.15) is 0 Å². The maximum atomic E-state index is 8.44. The van der Waals surface area contributed by atoms with Gasteiger partial charge in [0, 0.05) is 0 Å². The van der Waals surface area contributed by atoms with Gasteiger partial charge in [-0.3, -0.25) is 25.3 Å². The standard InChI is InChI=1S/3Co.12H3N.6H2O3S/c;;;;;;;;;;;;;;;6*1-4(2)3/h;;;12*1H3;6*(H2,1,2,3)/q3*+2;;;;;;;;;;;;;;;;;;/p-6. The summed E-state index contributed by atoms with van der Waals surface area (Å²) in [5, 5.41) is 0. The van der Waals surface area contributed by atoms with E-state index in [0.717, 1.165) is 0 Å². The van der Waals surface area contributed by atoms with Gasteiger partial charge in [0.15, 0.2) is 0 Å². The molecule has 0 aliphatic rings. The molecule has 42 N–H and O–H groups in total. The Kier molecular flexibility index (Phi) is 657. The van der Waals surface area contributed by atoms with Gasteiger partial charge in [-0.25, -0.2) is 0 Å². The summed E-state index contributed by atoms with van der Waals surface area (Å²) < 4.78 is 152. The minimum atomic E-state index is -3.11. The van der Waals surface area contributed by atoms with Crippen molar-refractivity contribution in [1.82, 2.24) is 73.8 Å². The molecular weight excluding hydrogens is 825 g/mol. The number of hydrogen-bond donors (Lipinski definition) is 12. The van der Waals surface area contributed by atoms with Crippen LogP contribution in [0.2, 0.25) is 0 Å². The number of quaternary nitrogens is 6. The molecule has 0 spiro atoms. The molecule has 3 radical (unpaired) electrons. The molecule has 0 saturated carbocycles. The first-order chi connectivity index (χ1) is 10.4. The fraction of sp³-hybridized carbons (Fsp3) is 0. The van der Waals surface area contributed by atoms with E-state index in [4.69, 9.17) is 79.9 Å². The summed E-state index contributed by atoms with van der Waals surface area (Å²) in [7, 11) is 0. The van der Waals surface area contributed by atoms with Crippen molar-refractivity contribution in [2.75, 3.05) is 0 Å². The minimum Gasteiger partial charge on any atom is -0.784 e. The Morgan fingerprint density at radius 2 is 0.231 bits per heavy atom. The van der Waals surface area contributed by atoms with E-state index in [-0.39, 0.29) is 124 Å². The Bertz CT molecular complexity index is 299. The third-order valence-corrected chi connectivity index (χ3v) is 0. The predicted molar refractivity (Wildman–Crippen MR) is 124 cm³/mol. The molecule has 0 aromatic carbocycles. The van der Waals surface area contributed by atoms with Crippen LogP contribution >= 0.6 is 0 Å². The SMILES string of the molecule is N.N.N.N.N.N.O=S([O-])[O-].O=S([O-])[O-].O=S([O-])[O-].O=S([O-])[O-].O=S([O-])[O-].O=S([O-])[O-].[Co+2].[Co+2].[Co+2].[NH4+].[NH4+].[NH4+].[NH4+].[NH4+].[NH4+]. The van der Waals surface area contributed by atoms with Crippen LogP contribution in [-0.4, -0.2) is 79.9 Å². The second-order valence-electron chi connectivity index (χ2n) is 1.22. The molecule has 0 saturated heterocycles. The van der Waals surface area contributed by atoms with Gasteiger partial charge < -0.3 is 128 Å². The zero-order chi connectivity index (χ0) is 21.5. The first kappa shape index (κ1) is 166. The van der Waals surface area contributed by atoms with E-state index in [9.17, 15) is 0 Å². The monoisotopic (exact) mass is 867 g/mol. The van der Waals surface area contributed by atoms with Crippen LogP contribution in [0.25, 0.3) is 0 Å². The van der Waals surface area contributed by atoms with Crippen LogP contribution in [0.1, 0.15) is 0 Å². The molecule has 0 bridgehead atoms. The Morgan fingerprint density at radius 3 is 0.231 bits per heavy atom.